The molecule has 1 aromatic carbocycles. The van der Waals surface area contributed by atoms with E-state index in [1.54, 1.807) is 0 Å². The van der Waals surface area contributed by atoms with Crippen molar-refractivity contribution < 1.29 is 14.3 Å². The number of benzene rings is 1. The van der Waals surface area contributed by atoms with Crippen molar-refractivity contribution in [2.75, 3.05) is 32.8 Å². The number of piperidine rings is 1. The van der Waals surface area contributed by atoms with E-state index in [4.69, 9.17) is 9.47 Å². The molecule has 140 valence electrons. The number of nitrogens with zero attached hydrogens (tertiary/aromatic N) is 1. The first-order chi connectivity index (χ1) is 12.2. The third-order valence-electron chi connectivity index (χ3n) is 5.15. The highest BCUT2D eigenvalue weighted by molar-refractivity contribution is 5.72. The van der Waals surface area contributed by atoms with Crippen molar-refractivity contribution in [1.82, 2.24) is 4.90 Å². The van der Waals surface area contributed by atoms with E-state index in [0.29, 0.717) is 12.5 Å². The van der Waals surface area contributed by atoms with Crippen molar-refractivity contribution in [2.24, 2.45) is 5.92 Å². The second-order valence-corrected chi connectivity index (χ2v) is 6.92. The lowest BCUT2D eigenvalue weighted by Crippen LogP contribution is -2.37. The predicted octanol–water partition coefficient (Wildman–Crippen LogP) is 4.24. The number of hydrogen-bond donors (Lipinski definition) is 0. The first-order valence-corrected chi connectivity index (χ1v) is 9.76. The Morgan fingerprint density at radius 2 is 1.96 bits per heavy atom. The van der Waals surface area contributed by atoms with E-state index in [-0.39, 0.29) is 11.9 Å². The Morgan fingerprint density at radius 1 is 1.24 bits per heavy atom. The summed E-state index contributed by atoms with van der Waals surface area (Å²) in [5.41, 5.74) is 1.31. The number of esters is 1. The summed E-state index contributed by atoms with van der Waals surface area (Å²) in [6.45, 7) is 10.5. The molecule has 0 unspecified atom stereocenters. The molecule has 0 bridgehead atoms. The van der Waals surface area contributed by atoms with Gasteiger partial charge in [-0.05, 0) is 63.2 Å². The van der Waals surface area contributed by atoms with Crippen LogP contribution in [0.1, 0.15) is 57.9 Å². The molecule has 4 nitrogen and oxygen atoms in total. The third kappa shape index (κ3) is 6.03. The topological polar surface area (TPSA) is 38.8 Å². The normalized spacial score (nSPS) is 17.2. The lowest BCUT2D eigenvalue weighted by atomic mass is 9.97. The average molecular weight is 347 g/mol. The molecule has 1 saturated heterocycles. The monoisotopic (exact) mass is 347 g/mol. The second kappa shape index (κ2) is 10.4. The molecule has 1 heterocycles. The summed E-state index contributed by atoms with van der Waals surface area (Å²) in [6, 6.07) is 8.37. The molecule has 0 aliphatic carbocycles. The van der Waals surface area contributed by atoms with E-state index in [9.17, 15) is 4.79 Å². The van der Waals surface area contributed by atoms with Gasteiger partial charge in [-0.25, -0.2) is 0 Å². The van der Waals surface area contributed by atoms with E-state index in [2.05, 4.69) is 36.9 Å². The molecule has 4 heteroatoms. The summed E-state index contributed by atoms with van der Waals surface area (Å²) in [5, 5.41) is 0. The molecule has 25 heavy (non-hydrogen) atoms. The number of ether oxygens (including phenoxy) is 2. The second-order valence-electron chi connectivity index (χ2n) is 6.92. The Hall–Kier alpha value is -1.55. The van der Waals surface area contributed by atoms with Crippen LogP contribution in [-0.4, -0.2) is 43.7 Å². The van der Waals surface area contributed by atoms with Crippen molar-refractivity contribution in [1.29, 1.82) is 0 Å². The molecule has 0 spiro atoms. The Morgan fingerprint density at radius 3 is 2.64 bits per heavy atom. The molecule has 1 aromatic rings. The van der Waals surface area contributed by atoms with Crippen LogP contribution in [0.15, 0.2) is 24.3 Å². The van der Waals surface area contributed by atoms with Gasteiger partial charge in [0.2, 0.25) is 0 Å². The molecule has 2 rings (SSSR count). The standard InChI is InChI=1S/C21H33NO3/c1-4-17(3)19-9-6-7-10-20(19)25-16-8-13-22-14-11-18(12-15-22)21(23)24-5-2/h6-7,9-10,17-18H,4-5,8,11-16H2,1-3H3/t17-/m1/s1. The maximum absolute atomic E-state index is 11.8. The van der Waals surface area contributed by atoms with Gasteiger partial charge in [0.15, 0.2) is 0 Å². The minimum absolute atomic E-state index is 0.0212. The maximum atomic E-state index is 11.8. The molecular weight excluding hydrogens is 314 g/mol. The van der Waals surface area contributed by atoms with Crippen LogP contribution in [0.25, 0.3) is 0 Å². The number of rotatable bonds is 9. The summed E-state index contributed by atoms with van der Waals surface area (Å²) in [4.78, 5) is 14.2. The van der Waals surface area contributed by atoms with Crippen molar-refractivity contribution in [3.63, 3.8) is 0 Å². The van der Waals surface area contributed by atoms with Crippen molar-refractivity contribution in [3.8, 4) is 5.75 Å². The SMILES string of the molecule is CCOC(=O)C1CCN(CCCOc2ccccc2[C@H](C)CC)CC1. The van der Waals surface area contributed by atoms with Gasteiger partial charge >= 0.3 is 5.97 Å². The van der Waals surface area contributed by atoms with Gasteiger partial charge in [0, 0.05) is 6.54 Å². The zero-order chi connectivity index (χ0) is 18.1. The lowest BCUT2D eigenvalue weighted by Gasteiger charge is -2.30. The van der Waals surface area contributed by atoms with Crippen molar-refractivity contribution in [3.05, 3.63) is 29.8 Å². The van der Waals surface area contributed by atoms with Crippen molar-refractivity contribution in [2.45, 2.75) is 52.4 Å². The zero-order valence-corrected chi connectivity index (χ0v) is 16.0. The minimum Gasteiger partial charge on any atom is -0.493 e. The Labute approximate surface area is 152 Å². The van der Waals surface area contributed by atoms with Crippen LogP contribution in [0.3, 0.4) is 0 Å². The Kier molecular flexibility index (Phi) is 8.26. The number of carbonyl (C=O) groups excluding carboxylic acids is 1. The van der Waals surface area contributed by atoms with Gasteiger partial charge in [0.25, 0.3) is 0 Å². The maximum Gasteiger partial charge on any atom is 0.309 e. The lowest BCUT2D eigenvalue weighted by molar-refractivity contribution is -0.149. The van der Waals surface area contributed by atoms with Crippen LogP contribution in [0, 0.1) is 5.92 Å². The van der Waals surface area contributed by atoms with Gasteiger partial charge in [-0.1, -0.05) is 32.0 Å². The van der Waals surface area contributed by atoms with E-state index in [1.807, 2.05) is 13.0 Å². The number of hydrogen-bond acceptors (Lipinski definition) is 4. The summed E-state index contributed by atoms with van der Waals surface area (Å²) < 4.78 is 11.2. The number of para-hydroxylation sites is 1. The molecule has 1 atom stereocenters. The fourth-order valence-corrected chi connectivity index (χ4v) is 3.36. The van der Waals surface area contributed by atoms with Gasteiger partial charge < -0.3 is 14.4 Å². The number of likely N-dealkylation sites (tertiary alicyclic amines) is 1. The van der Waals surface area contributed by atoms with E-state index in [1.165, 1.54) is 5.56 Å². The van der Waals surface area contributed by atoms with E-state index >= 15 is 0 Å². The average Bonchev–Trinajstić information content (AvgIpc) is 2.65. The van der Waals surface area contributed by atoms with E-state index < -0.39 is 0 Å². The van der Waals surface area contributed by atoms with Crippen LogP contribution < -0.4 is 4.74 Å². The fraction of sp³-hybridized carbons (Fsp3) is 0.667. The molecule has 0 N–H and O–H groups in total. The smallest absolute Gasteiger partial charge is 0.309 e. The van der Waals surface area contributed by atoms with E-state index in [0.717, 1.165) is 57.7 Å². The minimum atomic E-state index is -0.0212. The zero-order valence-electron chi connectivity index (χ0n) is 16.0. The van der Waals surface area contributed by atoms with Gasteiger partial charge in [-0.3, -0.25) is 4.79 Å². The number of carbonyl (C=O) groups is 1. The van der Waals surface area contributed by atoms with Gasteiger partial charge in [-0.15, -0.1) is 0 Å². The molecule has 1 fully saturated rings. The van der Waals surface area contributed by atoms with Gasteiger partial charge in [0.1, 0.15) is 5.75 Å². The molecule has 0 saturated carbocycles. The fourth-order valence-electron chi connectivity index (χ4n) is 3.36. The predicted molar refractivity (Wildman–Crippen MR) is 101 cm³/mol. The molecule has 0 radical (unpaired) electrons. The Balaban J connectivity index is 1.68. The van der Waals surface area contributed by atoms with Crippen LogP contribution in [0.4, 0.5) is 0 Å². The Bertz CT molecular complexity index is 524. The summed E-state index contributed by atoms with van der Waals surface area (Å²) in [7, 11) is 0. The van der Waals surface area contributed by atoms with Crippen molar-refractivity contribution >= 4 is 5.97 Å². The molecule has 1 aliphatic heterocycles. The van der Waals surface area contributed by atoms with Crippen LogP contribution in [-0.2, 0) is 9.53 Å². The third-order valence-corrected chi connectivity index (χ3v) is 5.15. The molecular formula is C21H33NO3. The molecule has 0 aromatic heterocycles. The molecule has 0 amide bonds. The highest BCUT2D eigenvalue weighted by Gasteiger charge is 2.25. The van der Waals surface area contributed by atoms with Gasteiger partial charge in [-0.2, -0.15) is 0 Å². The quantitative estimate of drug-likeness (QED) is 0.495. The van der Waals surface area contributed by atoms with Crippen LogP contribution in [0.5, 0.6) is 5.75 Å². The highest BCUT2D eigenvalue weighted by Crippen LogP contribution is 2.28. The first-order valence-electron chi connectivity index (χ1n) is 9.76. The summed E-state index contributed by atoms with van der Waals surface area (Å²) >= 11 is 0. The highest BCUT2D eigenvalue weighted by atomic mass is 16.5. The van der Waals surface area contributed by atoms with Crippen LogP contribution in [0.2, 0.25) is 0 Å². The molecule has 1 aliphatic rings. The largest absolute Gasteiger partial charge is 0.493 e. The first kappa shape index (κ1) is 19.8. The summed E-state index contributed by atoms with van der Waals surface area (Å²) in [5.74, 6) is 1.62. The van der Waals surface area contributed by atoms with Gasteiger partial charge in [0.05, 0.1) is 19.1 Å². The van der Waals surface area contributed by atoms with Crippen LogP contribution >= 0.6 is 0 Å². The summed E-state index contributed by atoms with van der Waals surface area (Å²) in [6.07, 6.45) is 3.96.